The number of hydrogen-bond donors (Lipinski definition) is 2. The molecule has 0 bridgehead atoms. The van der Waals surface area contributed by atoms with Gasteiger partial charge in [-0.2, -0.15) is 0 Å². The predicted octanol–water partition coefficient (Wildman–Crippen LogP) is 0.744. The number of nitrogens with zero attached hydrogens (tertiary/aromatic N) is 1. The van der Waals surface area contributed by atoms with Gasteiger partial charge in [0.25, 0.3) is 0 Å². The molecule has 0 aliphatic carbocycles. The molecule has 0 spiro atoms. The lowest BCUT2D eigenvalue weighted by Gasteiger charge is -2.23. The second kappa shape index (κ2) is 5.77. The number of aliphatic hydroxyl groups excluding tert-OH is 1. The van der Waals surface area contributed by atoms with Gasteiger partial charge in [-0.15, -0.1) is 0 Å². The van der Waals surface area contributed by atoms with Crippen molar-refractivity contribution in [2.24, 2.45) is 0 Å². The number of hydrogen-bond acceptors (Lipinski definition) is 5. The van der Waals surface area contributed by atoms with Crippen LogP contribution in [-0.2, 0) is 0 Å². The Labute approximate surface area is 113 Å². The van der Waals surface area contributed by atoms with E-state index in [4.69, 9.17) is 9.47 Å². The van der Waals surface area contributed by atoms with Crippen molar-refractivity contribution in [1.29, 1.82) is 0 Å². The summed E-state index contributed by atoms with van der Waals surface area (Å²) in [6.07, 6.45) is 0.654. The van der Waals surface area contributed by atoms with Crippen LogP contribution in [0.25, 0.3) is 0 Å². The Morgan fingerprint density at radius 3 is 3.05 bits per heavy atom. The van der Waals surface area contributed by atoms with Gasteiger partial charge in [-0.25, -0.2) is 0 Å². The highest BCUT2D eigenvalue weighted by atomic mass is 16.7. The van der Waals surface area contributed by atoms with Crippen LogP contribution in [0.2, 0.25) is 0 Å². The van der Waals surface area contributed by atoms with Crippen LogP contribution in [0, 0.1) is 0 Å². The number of rotatable bonds is 3. The SMILES string of the molecule is OC(CN1CCCNCC1)c1ccc2c(c1)OCO2. The zero-order chi connectivity index (χ0) is 13.1. The Balaban J connectivity index is 1.64. The summed E-state index contributed by atoms with van der Waals surface area (Å²) in [7, 11) is 0. The molecule has 1 fully saturated rings. The Morgan fingerprint density at radius 1 is 1.21 bits per heavy atom. The van der Waals surface area contributed by atoms with Gasteiger partial charge < -0.3 is 19.9 Å². The van der Waals surface area contributed by atoms with Crippen LogP contribution in [0.3, 0.4) is 0 Å². The van der Waals surface area contributed by atoms with Crippen molar-refractivity contribution in [1.82, 2.24) is 10.2 Å². The second-order valence-electron chi connectivity index (χ2n) is 5.03. The fourth-order valence-electron chi connectivity index (χ4n) is 2.55. The Bertz CT molecular complexity index is 431. The van der Waals surface area contributed by atoms with Crippen molar-refractivity contribution in [3.05, 3.63) is 23.8 Å². The van der Waals surface area contributed by atoms with Crippen molar-refractivity contribution in [3.8, 4) is 11.5 Å². The van der Waals surface area contributed by atoms with E-state index in [-0.39, 0.29) is 6.79 Å². The van der Waals surface area contributed by atoms with Crippen LogP contribution in [0.5, 0.6) is 11.5 Å². The zero-order valence-corrected chi connectivity index (χ0v) is 11.0. The molecule has 19 heavy (non-hydrogen) atoms. The molecule has 0 radical (unpaired) electrons. The molecule has 1 atom stereocenters. The average molecular weight is 264 g/mol. The molecule has 3 rings (SSSR count). The van der Waals surface area contributed by atoms with E-state index in [2.05, 4.69) is 10.2 Å². The molecule has 5 heteroatoms. The molecule has 1 aromatic carbocycles. The maximum absolute atomic E-state index is 10.3. The predicted molar refractivity (Wildman–Crippen MR) is 71.5 cm³/mol. The van der Waals surface area contributed by atoms with Gasteiger partial charge >= 0.3 is 0 Å². The maximum atomic E-state index is 10.3. The minimum absolute atomic E-state index is 0.271. The minimum atomic E-state index is -0.479. The number of nitrogens with one attached hydrogen (secondary N) is 1. The van der Waals surface area contributed by atoms with Crippen molar-refractivity contribution in [2.75, 3.05) is 39.5 Å². The summed E-state index contributed by atoms with van der Waals surface area (Å²) in [5, 5.41) is 13.7. The highest BCUT2D eigenvalue weighted by molar-refractivity contribution is 5.45. The van der Waals surface area contributed by atoms with Gasteiger partial charge in [0.05, 0.1) is 6.10 Å². The van der Waals surface area contributed by atoms with E-state index in [1.165, 1.54) is 0 Å². The third kappa shape index (κ3) is 3.00. The van der Waals surface area contributed by atoms with Gasteiger partial charge in [0.15, 0.2) is 11.5 Å². The van der Waals surface area contributed by atoms with Crippen LogP contribution < -0.4 is 14.8 Å². The van der Waals surface area contributed by atoms with Crippen LogP contribution in [0.15, 0.2) is 18.2 Å². The van der Waals surface area contributed by atoms with Crippen molar-refractivity contribution < 1.29 is 14.6 Å². The number of aliphatic hydroxyl groups is 1. The average Bonchev–Trinajstić information content (AvgIpc) is 2.75. The second-order valence-corrected chi connectivity index (χ2v) is 5.03. The van der Waals surface area contributed by atoms with E-state index in [0.29, 0.717) is 6.54 Å². The summed E-state index contributed by atoms with van der Waals surface area (Å²) in [6, 6.07) is 5.65. The van der Waals surface area contributed by atoms with E-state index in [9.17, 15) is 5.11 Å². The van der Waals surface area contributed by atoms with Crippen LogP contribution in [-0.4, -0.2) is 49.5 Å². The van der Waals surface area contributed by atoms with Crippen LogP contribution in [0.1, 0.15) is 18.1 Å². The smallest absolute Gasteiger partial charge is 0.231 e. The monoisotopic (exact) mass is 264 g/mol. The molecule has 2 aliphatic rings. The molecule has 2 heterocycles. The van der Waals surface area contributed by atoms with Gasteiger partial charge in [-0.05, 0) is 37.2 Å². The van der Waals surface area contributed by atoms with Gasteiger partial charge in [0.2, 0.25) is 6.79 Å². The molecule has 1 unspecified atom stereocenters. The lowest BCUT2D eigenvalue weighted by atomic mass is 10.1. The van der Waals surface area contributed by atoms with E-state index in [0.717, 1.165) is 49.7 Å². The van der Waals surface area contributed by atoms with E-state index in [1.807, 2.05) is 18.2 Å². The van der Waals surface area contributed by atoms with Gasteiger partial charge in [-0.3, -0.25) is 4.90 Å². The Kier molecular flexibility index (Phi) is 3.87. The lowest BCUT2D eigenvalue weighted by molar-refractivity contribution is 0.116. The molecule has 0 amide bonds. The topological polar surface area (TPSA) is 54.0 Å². The summed E-state index contributed by atoms with van der Waals surface area (Å²) in [5.74, 6) is 1.49. The number of fused-ring (bicyclic) bond motifs is 1. The molecule has 1 saturated heterocycles. The summed E-state index contributed by atoms with van der Waals surface area (Å²) >= 11 is 0. The Morgan fingerprint density at radius 2 is 2.11 bits per heavy atom. The third-order valence-electron chi connectivity index (χ3n) is 3.65. The highest BCUT2D eigenvalue weighted by Gasteiger charge is 2.19. The molecule has 104 valence electrons. The molecular weight excluding hydrogens is 244 g/mol. The number of β-amino-alcohol motifs (C(OH)–C–C–N with tert-alkyl or cyclic N) is 1. The first kappa shape index (κ1) is 12.7. The molecular formula is C14H20N2O3. The molecule has 2 N–H and O–H groups in total. The molecule has 0 saturated carbocycles. The normalized spacial score (nSPS) is 21.1. The molecule has 2 aliphatic heterocycles. The minimum Gasteiger partial charge on any atom is -0.454 e. The van der Waals surface area contributed by atoms with Crippen molar-refractivity contribution in [2.45, 2.75) is 12.5 Å². The first-order valence-electron chi connectivity index (χ1n) is 6.83. The molecule has 1 aromatic rings. The largest absolute Gasteiger partial charge is 0.454 e. The van der Waals surface area contributed by atoms with Crippen molar-refractivity contribution >= 4 is 0 Å². The van der Waals surface area contributed by atoms with Gasteiger partial charge in [-0.1, -0.05) is 6.07 Å². The quantitative estimate of drug-likeness (QED) is 0.843. The van der Waals surface area contributed by atoms with Crippen LogP contribution >= 0.6 is 0 Å². The van der Waals surface area contributed by atoms with E-state index in [1.54, 1.807) is 0 Å². The first-order valence-corrected chi connectivity index (χ1v) is 6.83. The standard InChI is InChI=1S/C14H20N2O3/c17-12(9-16-6-1-4-15-5-7-16)11-2-3-13-14(8-11)19-10-18-13/h2-3,8,12,15,17H,1,4-7,9-10H2. The number of benzene rings is 1. The summed E-state index contributed by atoms with van der Waals surface area (Å²) < 4.78 is 10.6. The summed E-state index contributed by atoms with van der Waals surface area (Å²) in [4.78, 5) is 2.30. The number of ether oxygens (including phenoxy) is 2. The fourth-order valence-corrected chi connectivity index (χ4v) is 2.55. The maximum Gasteiger partial charge on any atom is 0.231 e. The Hall–Kier alpha value is -1.30. The highest BCUT2D eigenvalue weighted by Crippen LogP contribution is 2.34. The van der Waals surface area contributed by atoms with Gasteiger partial charge in [0, 0.05) is 19.6 Å². The fraction of sp³-hybridized carbons (Fsp3) is 0.571. The van der Waals surface area contributed by atoms with E-state index < -0.39 is 6.10 Å². The molecule has 5 nitrogen and oxygen atoms in total. The lowest BCUT2D eigenvalue weighted by Crippen LogP contribution is -2.32. The summed E-state index contributed by atoms with van der Waals surface area (Å²) in [6.45, 7) is 5.02. The van der Waals surface area contributed by atoms with Gasteiger partial charge in [0.1, 0.15) is 0 Å². The van der Waals surface area contributed by atoms with E-state index >= 15 is 0 Å². The zero-order valence-electron chi connectivity index (χ0n) is 11.0. The molecule has 0 aromatic heterocycles. The van der Waals surface area contributed by atoms with Crippen LogP contribution in [0.4, 0.5) is 0 Å². The first-order chi connectivity index (χ1) is 9.33. The van der Waals surface area contributed by atoms with Crippen molar-refractivity contribution in [3.63, 3.8) is 0 Å². The summed E-state index contributed by atoms with van der Waals surface area (Å²) in [5.41, 5.74) is 0.890. The third-order valence-corrected chi connectivity index (χ3v) is 3.65.